The third-order valence-corrected chi connectivity index (χ3v) is 4.84. The van der Waals surface area contributed by atoms with E-state index in [9.17, 15) is 18.0 Å². The van der Waals surface area contributed by atoms with Crippen molar-refractivity contribution in [3.63, 3.8) is 0 Å². The molecule has 0 saturated carbocycles. The Hall–Kier alpha value is -3.91. The number of halogens is 4. The summed E-state index contributed by atoms with van der Waals surface area (Å²) in [5, 5.41) is 7.12. The van der Waals surface area contributed by atoms with Crippen LogP contribution in [0.15, 0.2) is 37.2 Å². The SMILES string of the molecule is CONC(=O)c1cc(-n2ncnc2[C@H](C)Nc2ncnc3c(C(F)(F)F)cc(Cl)cc23)ncn1. The smallest absolute Gasteiger partial charge is 0.360 e. The van der Waals surface area contributed by atoms with Crippen LogP contribution in [0.4, 0.5) is 19.0 Å². The highest BCUT2D eigenvalue weighted by molar-refractivity contribution is 6.31. The van der Waals surface area contributed by atoms with Crippen molar-refractivity contribution in [3.8, 4) is 5.82 Å². The van der Waals surface area contributed by atoms with Gasteiger partial charge in [-0.15, -0.1) is 0 Å². The molecule has 176 valence electrons. The molecule has 0 aliphatic carbocycles. The van der Waals surface area contributed by atoms with Gasteiger partial charge < -0.3 is 5.32 Å². The number of hydrogen-bond donors (Lipinski definition) is 2. The molecule has 3 aromatic heterocycles. The van der Waals surface area contributed by atoms with Crippen molar-refractivity contribution < 1.29 is 22.8 Å². The van der Waals surface area contributed by atoms with E-state index in [1.54, 1.807) is 6.92 Å². The number of anilines is 1. The number of carbonyl (C=O) groups is 1. The van der Waals surface area contributed by atoms with Crippen molar-refractivity contribution in [2.45, 2.75) is 19.1 Å². The van der Waals surface area contributed by atoms with Gasteiger partial charge in [0.25, 0.3) is 5.91 Å². The largest absolute Gasteiger partial charge is 0.418 e. The van der Waals surface area contributed by atoms with E-state index in [4.69, 9.17) is 11.6 Å². The minimum absolute atomic E-state index is 0.0185. The van der Waals surface area contributed by atoms with Crippen LogP contribution in [0.3, 0.4) is 0 Å². The summed E-state index contributed by atoms with van der Waals surface area (Å²) in [5.41, 5.74) is 0.896. The molecule has 0 aliphatic rings. The number of fused-ring (bicyclic) bond motifs is 1. The number of nitrogens with zero attached hydrogens (tertiary/aromatic N) is 7. The van der Waals surface area contributed by atoms with Crippen molar-refractivity contribution in [1.29, 1.82) is 0 Å². The van der Waals surface area contributed by atoms with Gasteiger partial charge in [-0.2, -0.15) is 23.0 Å². The molecule has 0 radical (unpaired) electrons. The Balaban J connectivity index is 1.69. The molecular formula is C19H15ClF3N9O2. The zero-order chi connectivity index (χ0) is 24.5. The van der Waals surface area contributed by atoms with Crippen molar-refractivity contribution in [2.24, 2.45) is 0 Å². The number of amides is 1. The summed E-state index contributed by atoms with van der Waals surface area (Å²) in [5.74, 6) is 0.0840. The van der Waals surface area contributed by atoms with Gasteiger partial charge in [-0.3, -0.25) is 9.63 Å². The topological polar surface area (TPSA) is 133 Å². The monoisotopic (exact) mass is 493 g/mol. The van der Waals surface area contributed by atoms with Crippen LogP contribution in [0, 0.1) is 0 Å². The maximum atomic E-state index is 13.5. The summed E-state index contributed by atoms with van der Waals surface area (Å²) in [6.45, 7) is 1.70. The van der Waals surface area contributed by atoms with Crippen LogP contribution >= 0.6 is 11.6 Å². The fourth-order valence-electron chi connectivity index (χ4n) is 3.19. The zero-order valence-corrected chi connectivity index (χ0v) is 18.3. The molecule has 0 unspecified atom stereocenters. The molecule has 0 spiro atoms. The van der Waals surface area contributed by atoms with E-state index in [1.807, 2.05) is 0 Å². The Bertz CT molecular complexity index is 1360. The van der Waals surface area contributed by atoms with Crippen LogP contribution in [0.2, 0.25) is 5.02 Å². The quantitative estimate of drug-likeness (QED) is 0.388. The summed E-state index contributed by atoms with van der Waals surface area (Å²) in [6, 6.07) is 2.92. The van der Waals surface area contributed by atoms with Crippen molar-refractivity contribution in [1.82, 2.24) is 40.2 Å². The highest BCUT2D eigenvalue weighted by Gasteiger charge is 2.34. The highest BCUT2D eigenvalue weighted by atomic mass is 35.5. The molecule has 4 rings (SSSR count). The first-order valence-corrected chi connectivity index (χ1v) is 9.90. The number of aromatic nitrogens is 7. The van der Waals surface area contributed by atoms with Gasteiger partial charge in [0.1, 0.15) is 30.5 Å². The molecule has 0 saturated heterocycles. The van der Waals surface area contributed by atoms with Crippen molar-refractivity contribution in [3.05, 3.63) is 59.3 Å². The molecule has 15 heteroatoms. The second-order valence-electron chi connectivity index (χ2n) is 6.86. The van der Waals surface area contributed by atoms with E-state index < -0.39 is 23.7 Å². The molecule has 2 N–H and O–H groups in total. The number of nitrogens with one attached hydrogen (secondary N) is 2. The van der Waals surface area contributed by atoms with Gasteiger partial charge in [0.2, 0.25) is 0 Å². The van der Waals surface area contributed by atoms with Gasteiger partial charge in [-0.25, -0.2) is 30.4 Å². The second-order valence-corrected chi connectivity index (χ2v) is 7.30. The average Bonchev–Trinajstić information content (AvgIpc) is 3.29. The Morgan fingerprint density at radius 1 is 1.09 bits per heavy atom. The molecule has 0 aliphatic heterocycles. The first-order chi connectivity index (χ1) is 16.2. The Labute approximate surface area is 194 Å². The lowest BCUT2D eigenvalue weighted by Crippen LogP contribution is -2.23. The first kappa shape index (κ1) is 23.3. The van der Waals surface area contributed by atoms with Gasteiger partial charge in [0.05, 0.1) is 24.2 Å². The number of carbonyl (C=O) groups excluding carboxylic acids is 1. The predicted molar refractivity (Wildman–Crippen MR) is 113 cm³/mol. The second kappa shape index (κ2) is 9.15. The number of hydroxylamine groups is 1. The molecule has 34 heavy (non-hydrogen) atoms. The normalized spacial score (nSPS) is 12.5. The summed E-state index contributed by atoms with van der Waals surface area (Å²) in [7, 11) is 1.28. The Morgan fingerprint density at radius 2 is 1.85 bits per heavy atom. The van der Waals surface area contributed by atoms with E-state index >= 15 is 0 Å². The molecular weight excluding hydrogens is 479 g/mol. The van der Waals surface area contributed by atoms with Gasteiger partial charge in [-0.1, -0.05) is 11.6 Å². The fourth-order valence-corrected chi connectivity index (χ4v) is 3.41. The van der Waals surface area contributed by atoms with Gasteiger partial charge in [0.15, 0.2) is 11.6 Å². The van der Waals surface area contributed by atoms with Crippen LogP contribution in [0.1, 0.15) is 34.8 Å². The third-order valence-electron chi connectivity index (χ3n) is 4.62. The van der Waals surface area contributed by atoms with Crippen LogP contribution in [-0.2, 0) is 11.0 Å². The minimum atomic E-state index is -4.65. The lowest BCUT2D eigenvalue weighted by molar-refractivity contribution is -0.136. The molecule has 0 bridgehead atoms. The average molecular weight is 494 g/mol. The Kier molecular flexibility index (Phi) is 6.26. The number of benzene rings is 1. The molecule has 1 amide bonds. The number of rotatable bonds is 6. The fraction of sp³-hybridized carbons (Fsp3) is 0.211. The minimum Gasteiger partial charge on any atom is -0.360 e. The highest BCUT2D eigenvalue weighted by Crippen LogP contribution is 2.38. The number of hydrogen-bond acceptors (Lipinski definition) is 9. The van der Waals surface area contributed by atoms with E-state index in [2.05, 4.69) is 45.7 Å². The van der Waals surface area contributed by atoms with E-state index in [0.717, 1.165) is 12.4 Å². The van der Waals surface area contributed by atoms with Gasteiger partial charge in [-0.05, 0) is 19.1 Å². The van der Waals surface area contributed by atoms with Crippen LogP contribution in [0.25, 0.3) is 16.7 Å². The number of alkyl halides is 3. The standard InChI is InChI=1S/C19H15ClF3N9O2/c1-9(17-28-8-29-32(17)14-5-13(24-6-25-14)18(33)31-34-2)30-16-11-3-10(20)4-12(19(21,22)23)15(11)26-7-27-16/h3-9H,1-2H3,(H,31,33)(H,26,27,30)/t9-/m0/s1. The van der Waals surface area contributed by atoms with Crippen LogP contribution < -0.4 is 10.8 Å². The Morgan fingerprint density at radius 3 is 2.59 bits per heavy atom. The summed E-state index contributed by atoms with van der Waals surface area (Å²) in [4.78, 5) is 36.7. The molecule has 3 heterocycles. The predicted octanol–water partition coefficient (Wildman–Crippen LogP) is 3.14. The van der Waals surface area contributed by atoms with Gasteiger partial charge >= 0.3 is 6.18 Å². The van der Waals surface area contributed by atoms with Crippen molar-refractivity contribution >= 4 is 34.2 Å². The van der Waals surface area contributed by atoms with Crippen LogP contribution in [0.5, 0.6) is 0 Å². The summed E-state index contributed by atoms with van der Waals surface area (Å²) in [6.07, 6.45) is -1.19. The molecule has 0 fully saturated rings. The van der Waals surface area contributed by atoms with E-state index in [-0.39, 0.29) is 33.3 Å². The van der Waals surface area contributed by atoms with Gasteiger partial charge in [0, 0.05) is 16.5 Å². The lowest BCUT2D eigenvalue weighted by atomic mass is 10.1. The zero-order valence-electron chi connectivity index (χ0n) is 17.5. The molecule has 1 atom stereocenters. The maximum Gasteiger partial charge on any atom is 0.418 e. The molecule has 1 aromatic carbocycles. The summed E-state index contributed by atoms with van der Waals surface area (Å²) >= 11 is 5.94. The lowest BCUT2D eigenvalue weighted by Gasteiger charge is -2.17. The first-order valence-electron chi connectivity index (χ1n) is 9.52. The molecule has 4 aromatic rings. The maximum absolute atomic E-state index is 13.5. The van der Waals surface area contributed by atoms with Crippen LogP contribution in [-0.4, -0.2) is 47.7 Å². The van der Waals surface area contributed by atoms with E-state index in [1.165, 1.54) is 36.6 Å². The summed E-state index contributed by atoms with van der Waals surface area (Å²) < 4.78 is 41.8. The molecule has 11 nitrogen and oxygen atoms in total. The third kappa shape index (κ3) is 4.58. The van der Waals surface area contributed by atoms with Crippen molar-refractivity contribution in [2.75, 3.05) is 12.4 Å². The van der Waals surface area contributed by atoms with E-state index in [0.29, 0.717) is 5.82 Å².